The molecule has 0 saturated heterocycles. The van der Waals surface area contributed by atoms with Gasteiger partial charge in [-0.1, -0.05) is 79.8 Å². The monoisotopic (exact) mass is 344 g/mol. The highest BCUT2D eigenvalue weighted by molar-refractivity contribution is 5.66. The van der Waals surface area contributed by atoms with Crippen molar-refractivity contribution in [1.82, 2.24) is 0 Å². The highest BCUT2D eigenvalue weighted by Gasteiger charge is 1.92. The van der Waals surface area contributed by atoms with E-state index in [4.69, 9.17) is 5.11 Å². The zero-order valence-corrected chi connectivity index (χ0v) is 15.3. The highest BCUT2D eigenvalue weighted by Crippen LogP contribution is 1.99. The Morgan fingerprint density at radius 2 is 1.44 bits per heavy atom. The van der Waals surface area contributed by atoms with Gasteiger partial charge in [0.15, 0.2) is 0 Å². The van der Waals surface area contributed by atoms with E-state index < -0.39 is 12.1 Å². The second kappa shape index (κ2) is 18.2. The molecule has 0 saturated carbocycles. The molecule has 0 spiro atoms. The Morgan fingerprint density at radius 1 is 0.840 bits per heavy atom. The molecule has 1 unspecified atom stereocenters. The molecule has 0 aliphatic rings. The molecule has 0 aliphatic carbocycles. The van der Waals surface area contributed by atoms with Crippen LogP contribution in [-0.2, 0) is 4.79 Å². The number of carboxylic acid groups (broad SMARTS) is 1. The van der Waals surface area contributed by atoms with Gasteiger partial charge in [-0.25, -0.2) is 0 Å². The van der Waals surface area contributed by atoms with Crippen molar-refractivity contribution in [2.24, 2.45) is 0 Å². The molecule has 1 atom stereocenters. The maximum absolute atomic E-state index is 10.3. The summed E-state index contributed by atoms with van der Waals surface area (Å²) in [6.07, 6.45) is 28.5. The summed E-state index contributed by atoms with van der Waals surface area (Å²) in [4.78, 5) is 10.3. The van der Waals surface area contributed by atoms with E-state index in [0.29, 0.717) is 12.8 Å². The van der Waals surface area contributed by atoms with Crippen molar-refractivity contribution >= 4 is 5.97 Å². The number of carboxylic acids is 1. The Hall–Kier alpha value is -2.13. The summed E-state index contributed by atoms with van der Waals surface area (Å²) in [5, 5.41) is 18.3. The van der Waals surface area contributed by atoms with Crippen LogP contribution in [0.25, 0.3) is 0 Å². The molecule has 3 nitrogen and oxygen atoms in total. The summed E-state index contributed by atoms with van der Waals surface area (Å²) in [5.74, 6) is -0.772. The van der Waals surface area contributed by atoms with Crippen molar-refractivity contribution in [2.75, 3.05) is 0 Å². The van der Waals surface area contributed by atoms with Gasteiger partial charge in [0.1, 0.15) is 0 Å². The van der Waals surface area contributed by atoms with E-state index in [0.717, 1.165) is 25.7 Å². The first-order valence-electron chi connectivity index (χ1n) is 9.00. The average molecular weight is 344 g/mol. The van der Waals surface area contributed by atoms with Crippen LogP contribution >= 0.6 is 0 Å². The van der Waals surface area contributed by atoms with E-state index in [-0.39, 0.29) is 6.42 Å². The van der Waals surface area contributed by atoms with Crippen molar-refractivity contribution in [2.45, 2.75) is 58.0 Å². The third-order valence-electron chi connectivity index (χ3n) is 3.20. The van der Waals surface area contributed by atoms with Crippen molar-refractivity contribution < 1.29 is 15.0 Å². The van der Waals surface area contributed by atoms with Crippen LogP contribution in [0, 0.1) is 0 Å². The quantitative estimate of drug-likeness (QED) is 0.322. The van der Waals surface area contributed by atoms with Gasteiger partial charge >= 0.3 is 5.97 Å². The standard InChI is InChI=1S/C22H32O3/c1-2-3-4-5-6-7-9-12-15-18-21(23)19-16-13-10-8-11-14-17-20-22(24)25/h3-4,6-7,10-16,19,21,23H,2,5,8-9,17-18,20H2,1H3,(H,24,25)/b4-3-,7-6-,13-10+,14-11-,15-12-,19-16+. The number of hydrogen-bond acceptors (Lipinski definition) is 2. The summed E-state index contributed by atoms with van der Waals surface area (Å²) < 4.78 is 0. The van der Waals surface area contributed by atoms with Crippen LogP contribution in [0.4, 0.5) is 0 Å². The van der Waals surface area contributed by atoms with Gasteiger partial charge in [0, 0.05) is 6.42 Å². The Kier molecular flexibility index (Phi) is 16.7. The molecule has 0 amide bonds. The lowest BCUT2D eigenvalue weighted by atomic mass is 10.2. The van der Waals surface area contributed by atoms with Crippen LogP contribution in [-0.4, -0.2) is 22.3 Å². The molecule has 0 heterocycles. The summed E-state index contributed by atoms with van der Waals surface area (Å²) >= 11 is 0. The molecule has 0 radical (unpaired) electrons. The van der Waals surface area contributed by atoms with Crippen LogP contribution < -0.4 is 0 Å². The molecule has 0 aromatic carbocycles. The Morgan fingerprint density at radius 3 is 2.12 bits per heavy atom. The third kappa shape index (κ3) is 19.8. The van der Waals surface area contributed by atoms with Gasteiger partial charge in [0.2, 0.25) is 0 Å². The highest BCUT2D eigenvalue weighted by atomic mass is 16.4. The van der Waals surface area contributed by atoms with Crippen molar-refractivity contribution in [3.05, 3.63) is 72.9 Å². The first-order valence-corrected chi connectivity index (χ1v) is 9.00. The number of aliphatic carboxylic acids is 1. The fourth-order valence-electron chi connectivity index (χ4n) is 1.87. The van der Waals surface area contributed by atoms with E-state index >= 15 is 0 Å². The Bertz CT molecular complexity index is 493. The van der Waals surface area contributed by atoms with Crippen LogP contribution in [0.2, 0.25) is 0 Å². The topological polar surface area (TPSA) is 57.5 Å². The van der Waals surface area contributed by atoms with Crippen LogP contribution in [0.1, 0.15) is 51.9 Å². The summed E-state index contributed by atoms with van der Waals surface area (Å²) in [7, 11) is 0. The smallest absolute Gasteiger partial charge is 0.303 e. The first kappa shape index (κ1) is 22.9. The number of rotatable bonds is 14. The molecule has 0 bridgehead atoms. The lowest BCUT2D eigenvalue weighted by Crippen LogP contribution is -1.98. The van der Waals surface area contributed by atoms with Crippen LogP contribution in [0.15, 0.2) is 72.9 Å². The summed E-state index contributed by atoms with van der Waals surface area (Å²) in [5.41, 5.74) is 0. The van der Waals surface area contributed by atoms with Gasteiger partial charge < -0.3 is 10.2 Å². The number of allylic oxidation sites excluding steroid dienone is 10. The summed E-state index contributed by atoms with van der Waals surface area (Å²) in [6, 6.07) is 0. The lowest BCUT2D eigenvalue weighted by Gasteiger charge is -1.98. The molecule has 0 fully saturated rings. The molecule has 0 aliphatic heterocycles. The van der Waals surface area contributed by atoms with Gasteiger partial charge in [0.05, 0.1) is 6.10 Å². The fraction of sp³-hybridized carbons (Fsp3) is 0.409. The lowest BCUT2D eigenvalue weighted by molar-refractivity contribution is -0.136. The molecule has 0 aromatic rings. The number of aliphatic hydroxyl groups excluding tert-OH is 1. The van der Waals surface area contributed by atoms with Gasteiger partial charge in [-0.3, -0.25) is 4.79 Å². The van der Waals surface area contributed by atoms with Crippen molar-refractivity contribution in [1.29, 1.82) is 0 Å². The molecular weight excluding hydrogens is 312 g/mol. The molecule has 0 aromatic heterocycles. The molecule has 3 heteroatoms. The second-order valence-corrected chi connectivity index (χ2v) is 5.55. The van der Waals surface area contributed by atoms with E-state index in [9.17, 15) is 9.90 Å². The fourth-order valence-corrected chi connectivity index (χ4v) is 1.87. The molecule has 2 N–H and O–H groups in total. The number of hydrogen-bond donors (Lipinski definition) is 2. The Balaban J connectivity index is 3.73. The maximum atomic E-state index is 10.3. The first-order chi connectivity index (χ1) is 12.2. The van der Waals surface area contributed by atoms with Gasteiger partial charge in [-0.2, -0.15) is 0 Å². The SMILES string of the molecule is CC/C=C\C/C=C\C/C=C\CC(O)/C=C/C=C/C/C=C\CCC(=O)O. The predicted octanol–water partition coefficient (Wildman–Crippen LogP) is 5.52. The number of carbonyl (C=O) groups is 1. The minimum absolute atomic E-state index is 0.172. The Labute approximate surface area is 152 Å². The minimum Gasteiger partial charge on any atom is -0.481 e. The summed E-state index contributed by atoms with van der Waals surface area (Å²) in [6.45, 7) is 2.13. The van der Waals surface area contributed by atoms with E-state index in [1.165, 1.54) is 0 Å². The average Bonchev–Trinajstić information content (AvgIpc) is 2.58. The van der Waals surface area contributed by atoms with E-state index in [1.54, 1.807) is 6.08 Å². The second-order valence-electron chi connectivity index (χ2n) is 5.55. The zero-order valence-electron chi connectivity index (χ0n) is 15.3. The van der Waals surface area contributed by atoms with Crippen molar-refractivity contribution in [3.63, 3.8) is 0 Å². The molecule has 0 rings (SSSR count). The largest absolute Gasteiger partial charge is 0.481 e. The van der Waals surface area contributed by atoms with Crippen LogP contribution in [0.5, 0.6) is 0 Å². The third-order valence-corrected chi connectivity index (χ3v) is 3.20. The van der Waals surface area contributed by atoms with Gasteiger partial charge in [0.25, 0.3) is 0 Å². The minimum atomic E-state index is -0.772. The normalized spacial score (nSPS) is 14.3. The van der Waals surface area contributed by atoms with Crippen LogP contribution in [0.3, 0.4) is 0 Å². The van der Waals surface area contributed by atoms with Gasteiger partial charge in [-0.05, 0) is 38.5 Å². The maximum Gasteiger partial charge on any atom is 0.303 e. The number of aliphatic hydroxyl groups is 1. The molecular formula is C22H32O3. The molecule has 138 valence electrons. The zero-order chi connectivity index (χ0) is 18.6. The van der Waals surface area contributed by atoms with Gasteiger partial charge in [-0.15, -0.1) is 0 Å². The van der Waals surface area contributed by atoms with Crippen molar-refractivity contribution in [3.8, 4) is 0 Å². The molecule has 25 heavy (non-hydrogen) atoms. The van der Waals surface area contributed by atoms with E-state index in [2.05, 4.69) is 37.3 Å². The predicted molar refractivity (Wildman–Crippen MR) is 106 cm³/mol. The van der Waals surface area contributed by atoms with E-state index in [1.807, 2.05) is 36.5 Å².